The van der Waals surface area contributed by atoms with Crippen molar-refractivity contribution in [2.75, 3.05) is 6.61 Å². The van der Waals surface area contributed by atoms with Crippen LogP contribution in [0.4, 0.5) is 17.6 Å². The number of aldehydes is 1. The summed E-state index contributed by atoms with van der Waals surface area (Å²) >= 11 is 0. The van der Waals surface area contributed by atoms with Gasteiger partial charge in [0, 0.05) is 32.3 Å². The molecule has 7 heteroatoms. The first-order valence-corrected chi connectivity index (χ1v) is 40.4. The Morgan fingerprint density at radius 3 is 1.18 bits per heavy atom. The first-order chi connectivity index (χ1) is 44.9. The van der Waals surface area contributed by atoms with Gasteiger partial charge < -0.3 is 9.90 Å². The topological polar surface area (TPSA) is 37.3 Å². The fourth-order valence-electron chi connectivity index (χ4n) is 11.2. The van der Waals surface area contributed by atoms with Crippen molar-refractivity contribution >= 4 is 29.5 Å². The Bertz CT molecular complexity index is 1890. The maximum absolute atomic E-state index is 16.5. The number of hydrogen-bond donors (Lipinski definition) is 1. The Labute approximate surface area is 577 Å². The fourth-order valence-corrected chi connectivity index (χ4v) is 15.7. The van der Waals surface area contributed by atoms with Gasteiger partial charge in [-0.05, 0) is 129 Å². The summed E-state index contributed by atoms with van der Waals surface area (Å²) in [6.07, 6.45) is 46.3. The van der Waals surface area contributed by atoms with Crippen LogP contribution < -0.4 is 15.9 Å². The number of aliphatic hydroxyl groups excluding tert-OH is 1. The molecule has 1 N–H and O–H groups in total. The molecule has 0 fully saturated rings. The predicted octanol–water partition coefficient (Wildman–Crippen LogP) is 28.5. The van der Waals surface area contributed by atoms with Gasteiger partial charge in [-0.15, -0.1) is 13.2 Å². The summed E-state index contributed by atoms with van der Waals surface area (Å²) in [5.41, 5.74) is 0. The molecule has 0 aliphatic rings. The van der Waals surface area contributed by atoms with E-state index in [1.807, 2.05) is 73.7 Å². The van der Waals surface area contributed by atoms with Crippen LogP contribution in [-0.4, -0.2) is 30.3 Å². The molecule has 3 aromatic rings. The Hall–Kier alpha value is -3.34. The van der Waals surface area contributed by atoms with Crippen LogP contribution in [0.2, 0.25) is 0 Å². The molecule has 0 spiro atoms. The molecular weight excluding hydrogens is 1170 g/mol. The lowest BCUT2D eigenvalue weighted by molar-refractivity contribution is -0.108. The number of carbonyl (C=O) groups is 1. The zero-order chi connectivity index (χ0) is 70.6. The first-order valence-electron chi connectivity index (χ1n) is 38.5. The van der Waals surface area contributed by atoms with Crippen LogP contribution in [0, 0.1) is 41.4 Å². The average Bonchev–Trinajstić information content (AvgIpc) is 0.749. The van der Waals surface area contributed by atoms with Crippen molar-refractivity contribution in [3.8, 4) is 0 Å². The summed E-state index contributed by atoms with van der Waals surface area (Å²) < 4.78 is 53.8. The molecule has 0 aliphatic carbocycles. The minimum absolute atomic E-state index is 0.0694. The SMILES string of the molecule is C=CC(CC)CCCCC.C=CCCCCCC.CCCCC(C)CC(F)F.CCCCC(C)CC(F)[P+](c1ccccc1)(c1ccccc1)c1ccccc1.CCCCC(C)CC=O.CCCCCC(/C=C(\F)CC(C)CCCC)CC.CCCCCC(CC)CO. The fraction of sp³-hybridized carbons (Fsp3) is 0.709. The summed E-state index contributed by atoms with van der Waals surface area (Å²) in [4.78, 5) is 9.98. The Kier molecular flexibility index (Phi) is 73.8. The highest BCUT2D eigenvalue weighted by Crippen LogP contribution is 2.62. The summed E-state index contributed by atoms with van der Waals surface area (Å²) in [6, 6.07) is 31.1. The number of unbranched alkanes of at least 4 members (excludes halogenated alkanes) is 14. The number of halogens is 4. The van der Waals surface area contributed by atoms with Crippen molar-refractivity contribution in [2.45, 2.75) is 347 Å². The maximum Gasteiger partial charge on any atom is 0.238 e. The third-order valence-corrected chi connectivity index (χ3v) is 22.2. The van der Waals surface area contributed by atoms with Crippen molar-refractivity contribution in [1.29, 1.82) is 0 Å². The Morgan fingerprint density at radius 1 is 0.452 bits per heavy atom. The average molecular weight is 1330 g/mol. The highest BCUT2D eigenvalue weighted by atomic mass is 31.2. The van der Waals surface area contributed by atoms with E-state index in [-0.39, 0.29) is 18.2 Å². The third kappa shape index (κ3) is 55.4. The molecule has 3 rings (SSSR count). The number of carbonyl (C=O) groups excluding carboxylic acids is 1. The van der Waals surface area contributed by atoms with E-state index in [1.54, 1.807) is 0 Å². The van der Waals surface area contributed by atoms with Gasteiger partial charge in [0.2, 0.25) is 12.3 Å². The van der Waals surface area contributed by atoms with Gasteiger partial charge in [0.25, 0.3) is 0 Å². The molecule has 8 atom stereocenters. The molecule has 0 radical (unpaired) electrons. The smallest absolute Gasteiger partial charge is 0.238 e. The highest BCUT2D eigenvalue weighted by molar-refractivity contribution is 7.96. The summed E-state index contributed by atoms with van der Waals surface area (Å²) in [7, 11) is -2.40. The van der Waals surface area contributed by atoms with Crippen LogP contribution in [0.5, 0.6) is 0 Å². The molecule has 540 valence electrons. The van der Waals surface area contributed by atoms with Crippen molar-refractivity contribution in [2.24, 2.45) is 41.4 Å². The lowest BCUT2D eigenvalue weighted by Gasteiger charge is -2.31. The van der Waals surface area contributed by atoms with E-state index >= 15 is 4.39 Å². The number of allylic oxidation sites excluding steroid dienone is 4. The summed E-state index contributed by atoms with van der Waals surface area (Å²) in [6.45, 7) is 40.3. The quantitative estimate of drug-likeness (QED) is 0.0201. The van der Waals surface area contributed by atoms with Gasteiger partial charge >= 0.3 is 0 Å². The van der Waals surface area contributed by atoms with E-state index < -0.39 is 19.6 Å². The molecule has 3 aromatic carbocycles. The van der Waals surface area contributed by atoms with Gasteiger partial charge in [-0.1, -0.05) is 331 Å². The van der Waals surface area contributed by atoms with E-state index in [4.69, 9.17) is 5.11 Å². The van der Waals surface area contributed by atoms with Gasteiger partial charge in [0.1, 0.15) is 29.5 Å². The normalized spacial score (nSPS) is 13.6. The van der Waals surface area contributed by atoms with Crippen molar-refractivity contribution in [1.82, 2.24) is 0 Å². The second-order valence-corrected chi connectivity index (χ2v) is 30.4. The number of alkyl halides is 3. The van der Waals surface area contributed by atoms with Crippen LogP contribution in [0.3, 0.4) is 0 Å². The van der Waals surface area contributed by atoms with Crippen LogP contribution >= 0.6 is 7.26 Å². The molecule has 0 heterocycles. The molecule has 0 saturated heterocycles. The Morgan fingerprint density at radius 2 is 0.828 bits per heavy atom. The van der Waals surface area contributed by atoms with Crippen LogP contribution in [0.1, 0.15) is 335 Å². The monoisotopic (exact) mass is 1320 g/mol. The van der Waals surface area contributed by atoms with Gasteiger partial charge in [-0.2, -0.15) is 0 Å². The second-order valence-electron chi connectivity index (χ2n) is 26.9. The maximum atomic E-state index is 16.5. The van der Waals surface area contributed by atoms with E-state index in [1.165, 1.54) is 148 Å². The third-order valence-electron chi connectivity index (χ3n) is 17.8. The van der Waals surface area contributed by atoms with Gasteiger partial charge in [0.05, 0.1) is 5.83 Å². The van der Waals surface area contributed by atoms with E-state index in [2.05, 4.69) is 153 Å². The van der Waals surface area contributed by atoms with Crippen molar-refractivity contribution in [3.63, 3.8) is 0 Å². The van der Waals surface area contributed by atoms with Gasteiger partial charge in [-0.3, -0.25) is 0 Å². The lowest BCUT2D eigenvalue weighted by Crippen LogP contribution is -2.37. The number of benzene rings is 3. The first kappa shape index (κ1) is 96.1. The van der Waals surface area contributed by atoms with Gasteiger partial charge in [-0.25, -0.2) is 17.6 Å². The van der Waals surface area contributed by atoms with E-state index in [9.17, 15) is 18.0 Å². The van der Waals surface area contributed by atoms with Crippen molar-refractivity contribution < 1.29 is 27.5 Å². The minimum Gasteiger partial charge on any atom is -0.396 e. The molecule has 0 saturated carbocycles. The van der Waals surface area contributed by atoms with Gasteiger partial charge in [0.15, 0.2) is 0 Å². The zero-order valence-electron chi connectivity index (χ0n) is 63.6. The molecule has 0 aliphatic heterocycles. The molecule has 0 bridgehead atoms. The molecule has 2 nitrogen and oxygen atoms in total. The molecule has 0 amide bonds. The molecule has 8 unspecified atom stereocenters. The minimum atomic E-state index is -2.40. The summed E-state index contributed by atoms with van der Waals surface area (Å²) in [5, 5.41) is 12.2. The number of rotatable bonds is 47. The number of hydrogen-bond acceptors (Lipinski definition) is 2. The molecular formula is C86H152F4O2P+. The largest absolute Gasteiger partial charge is 0.396 e. The van der Waals surface area contributed by atoms with Crippen LogP contribution in [0.25, 0.3) is 0 Å². The predicted molar refractivity (Wildman–Crippen MR) is 415 cm³/mol. The second kappa shape index (κ2) is 71.4. The van der Waals surface area contributed by atoms with E-state index in [0.29, 0.717) is 49.0 Å². The van der Waals surface area contributed by atoms with Crippen LogP contribution in [0.15, 0.2) is 128 Å². The zero-order valence-corrected chi connectivity index (χ0v) is 64.5. The highest BCUT2D eigenvalue weighted by Gasteiger charge is 2.53. The van der Waals surface area contributed by atoms with Crippen molar-refractivity contribution in [3.05, 3.63) is 128 Å². The molecule has 0 aromatic heterocycles. The lowest BCUT2D eigenvalue weighted by atomic mass is 9.95. The standard InChI is InChI=1S/C26H31FP.C17H33F.C10H20.C9H20O.C8H16F2.C8H16O.C8H16/c1-3-4-14-22(2)21-26(27)28(23-15-8-5-9-16-23,24-17-10-6-11-18-24)25-19-12-7-13-20-25;1-5-8-10-12-16(7-3)14-17(18)13-15(4)11-9-6-2;1-4-7-8-9-10(5-2)6-3;1-3-5-6-7-9(4-2)8-10;1-3-4-5-7(2)6-8(9)10;1-3-4-5-8(2)6-7-9;1-3-5-7-8-6-4-2/h5-13,15-20,22,26H,3-4,14,21H2,1-2H3;14-16H,5-13H2,1-4H3;5,10H,2,4,6-9H2,1,3H3;9-10H,3-8H2,1-2H3;7-8H,3-6H2,1-2H3;7-8H,3-6H2,1-2H3;3H,1,4-8H2,2H3/q+1;;;;;;/b;17-14-;;;;;. The molecule has 93 heavy (non-hydrogen) atoms. The van der Waals surface area contributed by atoms with Crippen LogP contribution in [-0.2, 0) is 4.79 Å². The Balaban J connectivity index is -0.000000530. The van der Waals surface area contributed by atoms with E-state index in [0.717, 1.165) is 92.3 Å². The number of aliphatic hydroxyl groups is 1. The summed E-state index contributed by atoms with van der Waals surface area (Å²) in [5.74, 6) is 2.68.